The van der Waals surface area contributed by atoms with Crippen molar-refractivity contribution in [1.82, 2.24) is 5.32 Å². The Labute approximate surface area is 157 Å². The van der Waals surface area contributed by atoms with Crippen LogP contribution in [0.1, 0.15) is 32.1 Å². The van der Waals surface area contributed by atoms with E-state index in [1.165, 1.54) is 41.8 Å². The van der Waals surface area contributed by atoms with Crippen molar-refractivity contribution in [1.29, 1.82) is 0 Å². The van der Waals surface area contributed by atoms with E-state index in [0.717, 1.165) is 44.9 Å². The van der Waals surface area contributed by atoms with Crippen molar-refractivity contribution in [3.63, 3.8) is 0 Å². The minimum absolute atomic E-state index is 0.189. The number of carbonyl (C=O) groups is 1. The molecule has 142 valence electrons. The summed E-state index contributed by atoms with van der Waals surface area (Å²) in [6, 6.07) is 8.22. The summed E-state index contributed by atoms with van der Waals surface area (Å²) in [5, 5.41) is 3.10. The van der Waals surface area contributed by atoms with Crippen LogP contribution in [-0.4, -0.2) is 52.3 Å². The fraction of sp³-hybridized carbons (Fsp3) is 0.571. The second-order valence-electron chi connectivity index (χ2n) is 7.32. The molecular formula is C21H32N3O2+. The largest absolute Gasteiger partial charge is 0.497 e. The first-order chi connectivity index (χ1) is 12.7. The Balaban J connectivity index is 1.35. The normalized spacial score (nSPS) is 18.3. The lowest BCUT2D eigenvalue weighted by Crippen LogP contribution is -3.15. The molecule has 1 aromatic rings. The molecule has 1 aliphatic carbocycles. The lowest BCUT2D eigenvalue weighted by molar-refractivity contribution is -0.892. The van der Waals surface area contributed by atoms with Crippen molar-refractivity contribution in [3.8, 4) is 5.75 Å². The highest BCUT2D eigenvalue weighted by molar-refractivity contribution is 5.76. The second kappa shape index (κ2) is 9.62. The molecule has 1 heterocycles. The first-order valence-electron chi connectivity index (χ1n) is 9.92. The second-order valence-corrected chi connectivity index (χ2v) is 7.32. The van der Waals surface area contributed by atoms with Crippen LogP contribution in [0, 0.1) is 0 Å². The van der Waals surface area contributed by atoms with E-state index >= 15 is 0 Å². The number of ether oxygens (including phenoxy) is 1. The van der Waals surface area contributed by atoms with Gasteiger partial charge in [0.1, 0.15) is 5.75 Å². The maximum Gasteiger partial charge on any atom is 0.275 e. The fourth-order valence-corrected chi connectivity index (χ4v) is 3.83. The molecule has 1 fully saturated rings. The molecular weight excluding hydrogens is 326 g/mol. The molecule has 3 rings (SSSR count). The lowest BCUT2D eigenvalue weighted by Gasteiger charge is -2.33. The van der Waals surface area contributed by atoms with Gasteiger partial charge in [0.25, 0.3) is 5.91 Å². The highest BCUT2D eigenvalue weighted by atomic mass is 16.5. The molecule has 0 radical (unpaired) electrons. The Hall–Kier alpha value is -2.01. The highest BCUT2D eigenvalue weighted by Crippen LogP contribution is 2.20. The Morgan fingerprint density at radius 2 is 1.96 bits per heavy atom. The van der Waals surface area contributed by atoms with Gasteiger partial charge in [0.2, 0.25) is 0 Å². The Bertz CT molecular complexity index is 604. The maximum absolute atomic E-state index is 12.2. The lowest BCUT2D eigenvalue weighted by atomic mass is 9.97. The summed E-state index contributed by atoms with van der Waals surface area (Å²) in [7, 11) is 1.69. The van der Waals surface area contributed by atoms with E-state index in [1.807, 2.05) is 12.1 Å². The van der Waals surface area contributed by atoms with Gasteiger partial charge < -0.3 is 19.9 Å². The fourth-order valence-electron chi connectivity index (χ4n) is 3.83. The first-order valence-corrected chi connectivity index (χ1v) is 9.92. The number of amides is 1. The molecule has 0 aromatic heterocycles. The van der Waals surface area contributed by atoms with Crippen molar-refractivity contribution < 1.29 is 14.4 Å². The van der Waals surface area contributed by atoms with Gasteiger partial charge >= 0.3 is 0 Å². The van der Waals surface area contributed by atoms with Crippen LogP contribution >= 0.6 is 0 Å². The van der Waals surface area contributed by atoms with E-state index in [-0.39, 0.29) is 5.91 Å². The number of rotatable bonds is 7. The van der Waals surface area contributed by atoms with Gasteiger partial charge in [0.15, 0.2) is 6.54 Å². The quantitative estimate of drug-likeness (QED) is 0.725. The summed E-state index contributed by atoms with van der Waals surface area (Å²) < 4.78 is 5.22. The Kier molecular flexibility index (Phi) is 6.95. The third-order valence-corrected chi connectivity index (χ3v) is 5.47. The average molecular weight is 359 g/mol. The highest BCUT2D eigenvalue weighted by Gasteiger charge is 2.22. The van der Waals surface area contributed by atoms with Gasteiger partial charge in [0, 0.05) is 12.2 Å². The summed E-state index contributed by atoms with van der Waals surface area (Å²) in [4.78, 5) is 16.0. The standard InChI is InChI=1S/C21H31N3O2/c1-26-20-9-7-19(8-10-20)24-15-13-23(14-16-24)17-21(25)22-12-11-18-5-3-2-4-6-18/h5,7-10H,2-4,6,11-17H2,1H3,(H,22,25)/p+1. The zero-order valence-corrected chi connectivity index (χ0v) is 15.9. The SMILES string of the molecule is COc1ccc(N2CC[NH+](CC(=O)NCCC3=CCCCC3)CC2)cc1. The van der Waals surface area contributed by atoms with Crippen LogP contribution in [0.2, 0.25) is 0 Å². The van der Waals surface area contributed by atoms with Gasteiger partial charge in [-0.2, -0.15) is 0 Å². The number of benzene rings is 1. The van der Waals surface area contributed by atoms with Crippen molar-refractivity contribution in [3.05, 3.63) is 35.9 Å². The molecule has 1 aliphatic heterocycles. The van der Waals surface area contributed by atoms with Crippen LogP contribution in [0.5, 0.6) is 5.75 Å². The van der Waals surface area contributed by atoms with Crippen LogP contribution < -0.4 is 19.9 Å². The number of hydrogen-bond donors (Lipinski definition) is 2. The molecule has 0 spiro atoms. The van der Waals surface area contributed by atoms with Gasteiger partial charge in [-0.15, -0.1) is 0 Å². The van der Waals surface area contributed by atoms with Gasteiger partial charge in [-0.25, -0.2) is 0 Å². The van der Waals surface area contributed by atoms with Gasteiger partial charge in [-0.1, -0.05) is 11.6 Å². The van der Waals surface area contributed by atoms with Crippen LogP contribution in [0.25, 0.3) is 0 Å². The summed E-state index contributed by atoms with van der Waals surface area (Å²) in [5.74, 6) is 1.08. The molecule has 1 amide bonds. The smallest absolute Gasteiger partial charge is 0.275 e. The van der Waals surface area contributed by atoms with Crippen LogP contribution in [0.3, 0.4) is 0 Å². The minimum Gasteiger partial charge on any atom is -0.497 e. The minimum atomic E-state index is 0.189. The molecule has 2 N–H and O–H groups in total. The average Bonchev–Trinajstić information content (AvgIpc) is 2.69. The monoisotopic (exact) mass is 358 g/mol. The number of anilines is 1. The summed E-state index contributed by atoms with van der Waals surface area (Å²) in [5.41, 5.74) is 2.76. The molecule has 0 saturated carbocycles. The number of carbonyl (C=O) groups excluding carboxylic acids is 1. The van der Waals surface area contributed by atoms with Crippen molar-refractivity contribution in [2.45, 2.75) is 32.1 Å². The number of quaternary nitrogens is 1. The molecule has 5 nitrogen and oxygen atoms in total. The molecule has 0 unspecified atom stereocenters. The molecule has 5 heteroatoms. The number of hydrogen-bond acceptors (Lipinski definition) is 3. The number of methoxy groups -OCH3 is 1. The Morgan fingerprint density at radius 3 is 2.62 bits per heavy atom. The predicted octanol–water partition coefficient (Wildman–Crippen LogP) is 1.41. The molecule has 2 aliphatic rings. The van der Waals surface area contributed by atoms with Gasteiger partial charge in [-0.05, 0) is 56.4 Å². The van der Waals surface area contributed by atoms with Crippen molar-refractivity contribution >= 4 is 11.6 Å². The van der Waals surface area contributed by atoms with E-state index < -0.39 is 0 Å². The summed E-state index contributed by atoms with van der Waals surface area (Å²) >= 11 is 0. The van der Waals surface area contributed by atoms with Gasteiger partial charge in [-0.3, -0.25) is 4.79 Å². The predicted molar refractivity (Wildman–Crippen MR) is 105 cm³/mol. The summed E-state index contributed by atoms with van der Waals surface area (Å²) in [6.45, 7) is 5.37. The van der Waals surface area contributed by atoms with E-state index in [9.17, 15) is 4.79 Å². The number of nitrogens with one attached hydrogen (secondary N) is 2. The van der Waals surface area contributed by atoms with Crippen molar-refractivity contribution in [2.75, 3.05) is 51.3 Å². The molecule has 1 saturated heterocycles. The zero-order valence-electron chi connectivity index (χ0n) is 15.9. The first kappa shape index (κ1) is 18.8. The molecule has 1 aromatic carbocycles. The maximum atomic E-state index is 12.2. The van der Waals surface area contributed by atoms with Crippen LogP contribution in [-0.2, 0) is 4.79 Å². The third kappa shape index (κ3) is 5.49. The Morgan fingerprint density at radius 1 is 1.19 bits per heavy atom. The topological polar surface area (TPSA) is 46.0 Å². The van der Waals surface area contributed by atoms with E-state index in [2.05, 4.69) is 28.4 Å². The van der Waals surface area contributed by atoms with Crippen molar-refractivity contribution in [2.24, 2.45) is 0 Å². The third-order valence-electron chi connectivity index (χ3n) is 5.47. The zero-order chi connectivity index (χ0) is 18.2. The van der Waals surface area contributed by atoms with Crippen LogP contribution in [0.15, 0.2) is 35.9 Å². The number of piperazine rings is 1. The van der Waals surface area contributed by atoms with E-state index in [4.69, 9.17) is 4.74 Å². The molecule has 0 atom stereocenters. The van der Waals surface area contributed by atoms with Gasteiger partial charge in [0.05, 0.1) is 33.3 Å². The van der Waals surface area contributed by atoms with E-state index in [0.29, 0.717) is 6.54 Å². The number of allylic oxidation sites excluding steroid dienone is 1. The number of nitrogens with zero attached hydrogens (tertiary/aromatic N) is 1. The van der Waals surface area contributed by atoms with Crippen LogP contribution in [0.4, 0.5) is 5.69 Å². The van der Waals surface area contributed by atoms with E-state index in [1.54, 1.807) is 7.11 Å². The summed E-state index contributed by atoms with van der Waals surface area (Å²) in [6.07, 6.45) is 8.44. The molecule has 0 bridgehead atoms. The molecule has 26 heavy (non-hydrogen) atoms.